The van der Waals surface area contributed by atoms with Gasteiger partial charge < -0.3 is 38.8 Å². The van der Waals surface area contributed by atoms with Crippen molar-refractivity contribution in [2.75, 3.05) is 58.0 Å². The van der Waals surface area contributed by atoms with Crippen molar-refractivity contribution in [1.82, 2.24) is 9.88 Å². The lowest BCUT2D eigenvalue weighted by molar-refractivity contribution is -0.178. The number of aliphatic hydroxyl groups excluding tert-OH is 1. The molecule has 5 aromatic carbocycles. The first kappa shape index (κ1) is 49.0. The average Bonchev–Trinajstić information content (AvgIpc) is 4.05. The maximum Gasteiger partial charge on any atom is 0.421 e. The Hall–Kier alpha value is -7.95. The number of thiazole rings is 1. The predicted octanol–water partition coefficient (Wildman–Crippen LogP) is 6.46. The standard InChI is InChI=1S/C54H48N4O13S/c1-66-28-29-70-53(65)57-40-25-24-32(14-12-21-37(48(61)67-2)49(62)68-3)30-38(40)54(51(57)64)42(47(60)56-52-55-39-22-10-11-23-41(39)72-52)44-50(63)71-45(34-17-8-5-9-18-34)43(33-15-6-4-7-16-33)58(44)46(54)35-19-13-20-36(31-35)69-27-26-59/h4-11,13,15-20,22-25,30-31,37,42-46,59H,21,26-29H2,1-3H3,(H,55,56,60)/t42-,43-,44-,45+,46+,54-/m0/s1. The SMILES string of the molecule is COCCOC(=O)N1C(=O)[C@@]2(c3cc(C#CCC(C(=O)OC)C(=O)OC)ccc31)[C@H](C(=O)Nc1nc3ccccc3s1)[C@H]1C(=O)O[C@H](c3ccccc3)[C@H](c3ccccc3)N1[C@@H]2c1cccc(OCCO)c1. The molecule has 4 heterocycles. The van der Waals surface area contributed by atoms with E-state index in [1.54, 1.807) is 42.5 Å². The third-order valence-electron chi connectivity index (χ3n) is 13.0. The van der Waals surface area contributed by atoms with E-state index < -0.39 is 77.3 Å². The lowest BCUT2D eigenvalue weighted by atomic mass is 9.65. The normalized spacial score (nSPS) is 21.1. The minimum Gasteiger partial charge on any atom is -0.491 e. The monoisotopic (exact) mass is 992 g/mol. The van der Waals surface area contributed by atoms with Crippen LogP contribution in [0.2, 0.25) is 0 Å². The first-order valence-electron chi connectivity index (χ1n) is 22.9. The van der Waals surface area contributed by atoms with Gasteiger partial charge in [0.1, 0.15) is 36.5 Å². The van der Waals surface area contributed by atoms with Crippen LogP contribution in [0.5, 0.6) is 5.75 Å². The Morgan fingerprint density at radius 3 is 2.19 bits per heavy atom. The van der Waals surface area contributed by atoms with Crippen molar-refractivity contribution in [3.05, 3.63) is 155 Å². The van der Waals surface area contributed by atoms with Gasteiger partial charge >= 0.3 is 24.0 Å². The first-order chi connectivity index (χ1) is 35.0. The molecule has 0 unspecified atom stereocenters. The number of imide groups is 1. The van der Waals surface area contributed by atoms with E-state index in [0.717, 1.165) is 23.8 Å². The highest BCUT2D eigenvalue weighted by Gasteiger charge is 2.76. The lowest BCUT2D eigenvalue weighted by Gasteiger charge is -2.46. The van der Waals surface area contributed by atoms with Crippen molar-refractivity contribution in [2.45, 2.75) is 36.1 Å². The number of esters is 3. The first-order valence-corrected chi connectivity index (χ1v) is 23.7. The highest BCUT2D eigenvalue weighted by molar-refractivity contribution is 7.22. The fourth-order valence-corrected chi connectivity index (χ4v) is 11.0. The molecule has 0 aliphatic carbocycles. The number of anilines is 2. The Bertz CT molecular complexity index is 3050. The Morgan fingerprint density at radius 1 is 0.806 bits per heavy atom. The third-order valence-corrected chi connectivity index (χ3v) is 14.0. The number of aliphatic hydroxyl groups is 1. The summed E-state index contributed by atoms with van der Waals surface area (Å²) in [6, 6.07) is 33.4. The van der Waals surface area contributed by atoms with E-state index in [9.17, 15) is 19.5 Å². The second kappa shape index (κ2) is 21.2. The van der Waals surface area contributed by atoms with Crippen LogP contribution in [0.1, 0.15) is 52.4 Å². The van der Waals surface area contributed by atoms with Crippen LogP contribution in [0.4, 0.5) is 15.6 Å². The summed E-state index contributed by atoms with van der Waals surface area (Å²) in [5, 5.41) is 13.0. The molecular weight excluding hydrogens is 945 g/mol. The quantitative estimate of drug-likeness (QED) is 0.0395. The molecule has 17 nitrogen and oxygen atoms in total. The number of morpholine rings is 1. The van der Waals surface area contributed by atoms with Crippen molar-refractivity contribution in [3.8, 4) is 17.6 Å². The fourth-order valence-electron chi connectivity index (χ4n) is 10.1. The molecule has 72 heavy (non-hydrogen) atoms. The Kier molecular flexibility index (Phi) is 14.4. The van der Waals surface area contributed by atoms with E-state index in [0.29, 0.717) is 28.0 Å². The number of nitrogens with one attached hydrogen (secondary N) is 1. The van der Waals surface area contributed by atoms with Crippen LogP contribution in [-0.2, 0) is 53.1 Å². The highest BCUT2D eigenvalue weighted by atomic mass is 32.1. The van der Waals surface area contributed by atoms with Crippen molar-refractivity contribution in [2.24, 2.45) is 11.8 Å². The number of benzene rings is 5. The summed E-state index contributed by atoms with van der Waals surface area (Å²) in [5.74, 6) is -1.11. The lowest BCUT2D eigenvalue weighted by Crippen LogP contribution is -2.54. The van der Waals surface area contributed by atoms with Gasteiger partial charge in [-0.3, -0.25) is 28.9 Å². The maximum atomic E-state index is 16.5. The molecule has 6 aromatic rings. The van der Waals surface area contributed by atoms with E-state index in [2.05, 4.69) is 17.2 Å². The topological polar surface area (TPSA) is 209 Å². The second-order valence-corrected chi connectivity index (χ2v) is 18.0. The summed E-state index contributed by atoms with van der Waals surface area (Å²) in [7, 11) is 3.70. The predicted molar refractivity (Wildman–Crippen MR) is 261 cm³/mol. The van der Waals surface area contributed by atoms with E-state index in [1.165, 1.54) is 24.5 Å². The van der Waals surface area contributed by atoms with Crippen LogP contribution in [0.25, 0.3) is 10.2 Å². The Morgan fingerprint density at radius 2 is 1.50 bits per heavy atom. The van der Waals surface area contributed by atoms with Gasteiger partial charge in [0, 0.05) is 19.1 Å². The van der Waals surface area contributed by atoms with Gasteiger partial charge in [0.2, 0.25) is 11.8 Å². The summed E-state index contributed by atoms with van der Waals surface area (Å²) in [6.45, 7) is -0.629. The highest BCUT2D eigenvalue weighted by Crippen LogP contribution is 2.66. The molecule has 3 amide bonds. The molecular formula is C54H48N4O13S. The number of aromatic nitrogens is 1. The van der Waals surface area contributed by atoms with Gasteiger partial charge in [-0.15, -0.1) is 0 Å². The summed E-state index contributed by atoms with van der Waals surface area (Å²) in [6.07, 6.45) is -2.39. The molecule has 0 bridgehead atoms. The number of carbonyl (C=O) groups is 6. The number of para-hydroxylation sites is 1. The van der Waals surface area contributed by atoms with Crippen molar-refractivity contribution in [1.29, 1.82) is 0 Å². The number of cyclic esters (lactones) is 1. The van der Waals surface area contributed by atoms with Gasteiger partial charge in [-0.2, -0.15) is 0 Å². The number of rotatable bonds is 14. The summed E-state index contributed by atoms with van der Waals surface area (Å²) >= 11 is 1.20. The zero-order valence-electron chi connectivity index (χ0n) is 39.2. The van der Waals surface area contributed by atoms with Crippen LogP contribution in [-0.4, -0.2) is 105 Å². The molecule has 1 spiro atoms. The molecule has 6 atom stereocenters. The van der Waals surface area contributed by atoms with Crippen molar-refractivity contribution < 1.29 is 62.3 Å². The smallest absolute Gasteiger partial charge is 0.421 e. The van der Waals surface area contributed by atoms with Gasteiger partial charge in [0.05, 0.1) is 61.3 Å². The van der Waals surface area contributed by atoms with Crippen molar-refractivity contribution >= 4 is 68.2 Å². The number of nitrogens with zero attached hydrogens (tertiary/aromatic N) is 3. The molecule has 0 saturated carbocycles. The summed E-state index contributed by atoms with van der Waals surface area (Å²) in [4.78, 5) is 95.2. The third kappa shape index (κ3) is 8.92. The molecule has 9 rings (SSSR count). The van der Waals surface area contributed by atoms with E-state index in [4.69, 9.17) is 33.4 Å². The zero-order chi connectivity index (χ0) is 50.5. The van der Waals surface area contributed by atoms with E-state index in [1.807, 2.05) is 83.8 Å². The molecule has 3 aliphatic rings. The number of hydrogen-bond acceptors (Lipinski definition) is 16. The summed E-state index contributed by atoms with van der Waals surface area (Å²) in [5.41, 5.74) is 0.505. The molecule has 2 fully saturated rings. The molecule has 2 N–H and O–H groups in total. The fraction of sp³-hybridized carbons (Fsp3) is 0.278. The van der Waals surface area contributed by atoms with Gasteiger partial charge in [0.25, 0.3) is 0 Å². The number of amides is 3. The Balaban J connectivity index is 1.35. The van der Waals surface area contributed by atoms with Gasteiger partial charge in [-0.05, 0) is 64.7 Å². The molecule has 2 saturated heterocycles. The van der Waals surface area contributed by atoms with Crippen LogP contribution in [0.15, 0.2) is 127 Å². The van der Waals surface area contributed by atoms with E-state index in [-0.39, 0.29) is 54.8 Å². The minimum absolute atomic E-state index is 0.00375. The number of carbonyl (C=O) groups excluding carboxylic acids is 6. The second-order valence-electron chi connectivity index (χ2n) is 17.0. The molecule has 1 aromatic heterocycles. The molecule has 3 aliphatic heterocycles. The molecule has 368 valence electrons. The Labute approximate surface area is 417 Å². The number of hydrogen-bond donors (Lipinski definition) is 2. The largest absolute Gasteiger partial charge is 0.491 e. The number of methoxy groups -OCH3 is 3. The minimum atomic E-state index is -2.22. The van der Waals surface area contributed by atoms with E-state index >= 15 is 14.4 Å². The van der Waals surface area contributed by atoms with Gasteiger partial charge in [-0.1, -0.05) is 108 Å². The molecule has 18 heteroatoms. The number of ether oxygens (including phenoxy) is 6. The van der Waals surface area contributed by atoms with Gasteiger partial charge in [0.15, 0.2) is 11.0 Å². The molecule has 0 radical (unpaired) electrons. The summed E-state index contributed by atoms with van der Waals surface area (Å²) < 4.78 is 33.9. The van der Waals surface area contributed by atoms with Crippen LogP contribution < -0.4 is 15.0 Å². The zero-order valence-corrected chi connectivity index (χ0v) is 40.0. The maximum absolute atomic E-state index is 16.5. The van der Waals surface area contributed by atoms with Gasteiger partial charge in [-0.25, -0.2) is 14.7 Å². The van der Waals surface area contributed by atoms with Crippen LogP contribution in [0, 0.1) is 23.7 Å². The van der Waals surface area contributed by atoms with Crippen LogP contribution >= 0.6 is 11.3 Å². The van der Waals surface area contributed by atoms with Crippen molar-refractivity contribution in [3.63, 3.8) is 0 Å². The van der Waals surface area contributed by atoms with Crippen LogP contribution in [0.3, 0.4) is 0 Å². The number of fused-ring (bicyclic) bond motifs is 4. The average molecular weight is 993 g/mol.